The van der Waals surface area contributed by atoms with Crippen LogP contribution in [0.2, 0.25) is 0 Å². The molecule has 1 saturated heterocycles. The Balaban J connectivity index is 2.38. The first kappa shape index (κ1) is 22.4. The molecular weight excluding hydrogens is 384 g/mol. The van der Waals surface area contributed by atoms with Crippen molar-refractivity contribution < 1.29 is 24.7 Å². The Hall–Kier alpha value is -1.84. The number of hydrogen-bond acceptors (Lipinski definition) is 8. The average Bonchev–Trinajstić information content (AvgIpc) is 2.65. The standard InChI is InChI=1S/C19H28N2O6S/c1-4-13(11-18(22)27-3)14-6-7-16(17(10-14)21(25)26)20(5-2)15-8-9-28-19(23,24)12-15/h6-7,10,13,15,23-24H,4-5,8-9,11-12H2,1-3H3. The molecule has 1 aliphatic heterocycles. The normalized spacial score (nSPS) is 19.7. The fourth-order valence-corrected chi connectivity index (χ4v) is 4.71. The van der Waals surface area contributed by atoms with E-state index >= 15 is 0 Å². The van der Waals surface area contributed by atoms with Crippen molar-refractivity contribution in [3.8, 4) is 0 Å². The van der Waals surface area contributed by atoms with Gasteiger partial charge in [0.1, 0.15) is 5.69 Å². The van der Waals surface area contributed by atoms with Crippen LogP contribution in [0.5, 0.6) is 0 Å². The zero-order chi connectivity index (χ0) is 20.9. The summed E-state index contributed by atoms with van der Waals surface area (Å²) in [6.07, 6.45) is 1.64. The number of nitrogens with zero attached hydrogens (tertiary/aromatic N) is 2. The highest BCUT2D eigenvalue weighted by Gasteiger charge is 2.37. The second kappa shape index (κ2) is 9.58. The Kier molecular flexibility index (Phi) is 7.68. The number of methoxy groups -OCH3 is 1. The molecule has 1 aromatic carbocycles. The number of carbonyl (C=O) groups excluding carboxylic acids is 1. The van der Waals surface area contributed by atoms with Gasteiger partial charge in [-0.05, 0) is 37.3 Å². The number of carbonyl (C=O) groups is 1. The van der Waals surface area contributed by atoms with Gasteiger partial charge in [-0.25, -0.2) is 0 Å². The molecule has 1 fully saturated rings. The van der Waals surface area contributed by atoms with Gasteiger partial charge >= 0.3 is 5.97 Å². The number of aliphatic hydroxyl groups is 2. The number of benzene rings is 1. The third kappa shape index (κ3) is 5.36. The first-order valence-corrected chi connectivity index (χ1v) is 10.4. The Labute approximate surface area is 169 Å². The van der Waals surface area contributed by atoms with Gasteiger partial charge in [0.05, 0.1) is 18.5 Å². The summed E-state index contributed by atoms with van der Waals surface area (Å²) in [5, 5.41) is 29.9. The molecule has 2 atom stereocenters. The molecule has 0 aromatic heterocycles. The van der Waals surface area contributed by atoms with E-state index in [1.54, 1.807) is 6.07 Å². The topological polar surface area (TPSA) is 113 Å². The molecule has 28 heavy (non-hydrogen) atoms. The van der Waals surface area contributed by atoms with Crippen molar-refractivity contribution >= 4 is 29.1 Å². The quantitative estimate of drug-likeness (QED) is 0.290. The third-order valence-electron chi connectivity index (χ3n) is 5.18. The van der Waals surface area contributed by atoms with Crippen LogP contribution >= 0.6 is 11.8 Å². The summed E-state index contributed by atoms with van der Waals surface area (Å²) in [7, 11) is 1.32. The molecule has 2 N–H and O–H groups in total. The molecule has 0 spiro atoms. The summed E-state index contributed by atoms with van der Waals surface area (Å²) in [5.41, 5.74) is 1.14. The predicted molar refractivity (Wildman–Crippen MR) is 108 cm³/mol. The lowest BCUT2D eigenvalue weighted by atomic mass is 9.92. The number of nitro benzene ring substituents is 1. The maximum Gasteiger partial charge on any atom is 0.306 e. The van der Waals surface area contributed by atoms with Crippen LogP contribution in [-0.4, -0.2) is 51.7 Å². The van der Waals surface area contributed by atoms with Crippen LogP contribution in [0.15, 0.2) is 18.2 Å². The molecule has 0 bridgehead atoms. The molecular formula is C19H28N2O6S. The first-order chi connectivity index (χ1) is 13.2. The van der Waals surface area contributed by atoms with E-state index in [1.165, 1.54) is 13.2 Å². The second-order valence-electron chi connectivity index (χ2n) is 6.91. The molecule has 2 rings (SSSR count). The Morgan fingerprint density at radius 2 is 2.18 bits per heavy atom. The lowest BCUT2D eigenvalue weighted by Gasteiger charge is -2.39. The van der Waals surface area contributed by atoms with Crippen molar-refractivity contribution in [2.24, 2.45) is 0 Å². The van der Waals surface area contributed by atoms with Crippen LogP contribution in [0.1, 0.15) is 51.0 Å². The Morgan fingerprint density at radius 1 is 1.46 bits per heavy atom. The van der Waals surface area contributed by atoms with E-state index in [4.69, 9.17) is 4.74 Å². The molecule has 156 valence electrons. The molecule has 0 amide bonds. The van der Waals surface area contributed by atoms with Crippen LogP contribution in [-0.2, 0) is 9.53 Å². The molecule has 8 nitrogen and oxygen atoms in total. The van der Waals surface area contributed by atoms with E-state index < -0.39 is 10.0 Å². The molecule has 0 radical (unpaired) electrons. The zero-order valence-electron chi connectivity index (χ0n) is 16.5. The Morgan fingerprint density at radius 3 is 2.71 bits per heavy atom. The lowest BCUT2D eigenvalue weighted by molar-refractivity contribution is -0.384. The second-order valence-corrected chi connectivity index (χ2v) is 8.27. The van der Waals surface area contributed by atoms with Gasteiger partial charge in [-0.15, -0.1) is 0 Å². The summed E-state index contributed by atoms with van der Waals surface area (Å²) in [4.78, 5) is 24.9. The van der Waals surface area contributed by atoms with E-state index in [-0.39, 0.29) is 36.5 Å². The van der Waals surface area contributed by atoms with Crippen molar-refractivity contribution in [1.29, 1.82) is 0 Å². The fourth-order valence-electron chi connectivity index (χ4n) is 3.68. The Bertz CT molecular complexity index is 712. The number of nitro groups is 1. The van der Waals surface area contributed by atoms with Crippen LogP contribution in [0, 0.1) is 10.1 Å². The smallest absolute Gasteiger partial charge is 0.306 e. The average molecular weight is 413 g/mol. The zero-order valence-corrected chi connectivity index (χ0v) is 17.3. The maximum atomic E-state index is 11.8. The summed E-state index contributed by atoms with van der Waals surface area (Å²) in [5.74, 6) is 0.0523. The highest BCUT2D eigenvalue weighted by molar-refractivity contribution is 8.00. The van der Waals surface area contributed by atoms with Gasteiger partial charge in [-0.2, -0.15) is 0 Å². The molecule has 0 aliphatic carbocycles. The monoisotopic (exact) mass is 412 g/mol. The number of thioether (sulfide) groups is 1. The van der Waals surface area contributed by atoms with Crippen molar-refractivity contribution in [3.63, 3.8) is 0 Å². The summed E-state index contributed by atoms with van der Waals surface area (Å²) < 4.78 is 4.73. The van der Waals surface area contributed by atoms with Crippen LogP contribution in [0.25, 0.3) is 0 Å². The third-order valence-corrected chi connectivity index (χ3v) is 6.25. The predicted octanol–water partition coefficient (Wildman–Crippen LogP) is 3.01. The number of hydrogen-bond donors (Lipinski definition) is 2. The van der Waals surface area contributed by atoms with Crippen LogP contribution < -0.4 is 4.90 Å². The molecule has 1 aliphatic rings. The molecule has 0 saturated carbocycles. The van der Waals surface area contributed by atoms with Gasteiger partial charge in [-0.3, -0.25) is 14.9 Å². The van der Waals surface area contributed by atoms with E-state index in [9.17, 15) is 25.1 Å². The van der Waals surface area contributed by atoms with Crippen molar-refractivity contribution in [2.45, 2.75) is 56.6 Å². The van der Waals surface area contributed by atoms with Gasteiger partial charge < -0.3 is 19.8 Å². The number of esters is 1. The van der Waals surface area contributed by atoms with Gasteiger partial charge in [0.15, 0.2) is 0 Å². The number of rotatable bonds is 8. The molecule has 1 aromatic rings. The minimum Gasteiger partial charge on any atom is -0.469 e. The summed E-state index contributed by atoms with van der Waals surface area (Å²) in [6.45, 7) is 4.32. The summed E-state index contributed by atoms with van der Waals surface area (Å²) >= 11 is 1.08. The number of ether oxygens (including phenoxy) is 1. The maximum absolute atomic E-state index is 11.8. The SMILES string of the molecule is CCC(CC(=O)OC)c1ccc(N(CC)C2CCSC(O)(O)C2)c([N+](=O)[O-])c1. The highest BCUT2D eigenvalue weighted by atomic mass is 32.2. The largest absolute Gasteiger partial charge is 0.469 e. The van der Waals surface area contributed by atoms with E-state index in [0.29, 0.717) is 30.8 Å². The minimum atomic E-state index is -1.82. The van der Waals surface area contributed by atoms with Gasteiger partial charge in [0.25, 0.3) is 5.69 Å². The van der Waals surface area contributed by atoms with Crippen molar-refractivity contribution in [2.75, 3.05) is 24.3 Å². The lowest BCUT2D eigenvalue weighted by Crippen LogP contribution is -2.45. The minimum absolute atomic E-state index is 0.0395. The number of anilines is 1. The molecule has 1 heterocycles. The van der Waals surface area contributed by atoms with E-state index in [1.807, 2.05) is 24.8 Å². The van der Waals surface area contributed by atoms with Gasteiger partial charge in [-0.1, -0.05) is 24.8 Å². The fraction of sp³-hybridized carbons (Fsp3) is 0.632. The van der Waals surface area contributed by atoms with Crippen LogP contribution in [0.3, 0.4) is 0 Å². The van der Waals surface area contributed by atoms with Crippen molar-refractivity contribution in [1.82, 2.24) is 0 Å². The van der Waals surface area contributed by atoms with Crippen LogP contribution in [0.4, 0.5) is 11.4 Å². The van der Waals surface area contributed by atoms with E-state index in [0.717, 1.165) is 17.3 Å². The van der Waals surface area contributed by atoms with Gasteiger partial charge in [0, 0.05) is 30.8 Å². The van der Waals surface area contributed by atoms with E-state index in [2.05, 4.69) is 0 Å². The molecule has 2 unspecified atom stereocenters. The van der Waals surface area contributed by atoms with Crippen molar-refractivity contribution in [3.05, 3.63) is 33.9 Å². The molecule has 9 heteroatoms. The first-order valence-electron chi connectivity index (χ1n) is 9.42. The highest BCUT2D eigenvalue weighted by Crippen LogP contribution is 2.39. The summed E-state index contributed by atoms with van der Waals surface area (Å²) in [6, 6.07) is 4.83. The van der Waals surface area contributed by atoms with Gasteiger partial charge in [0.2, 0.25) is 5.12 Å².